The monoisotopic (exact) mass is 280 g/mol. The lowest BCUT2D eigenvalue weighted by molar-refractivity contribution is 0.108. The van der Waals surface area contributed by atoms with Gasteiger partial charge in [-0.05, 0) is 48.4 Å². The van der Waals surface area contributed by atoms with Crippen LogP contribution >= 0.6 is 23.2 Å². The molecule has 0 bridgehead atoms. The molecule has 0 unspecified atom stereocenters. The molecule has 0 amide bonds. The number of nitrogens with zero attached hydrogens (tertiary/aromatic N) is 1. The first kappa shape index (κ1) is 12.9. The van der Waals surface area contributed by atoms with Crippen LogP contribution in [0.1, 0.15) is 15.9 Å². The van der Waals surface area contributed by atoms with Crippen LogP contribution in [-0.4, -0.2) is 10.2 Å². The number of hydrogen-bond donors (Lipinski definition) is 1. The largest absolute Gasteiger partial charge is 0.339 e. The number of carbonyl (C=O) groups is 1. The van der Waals surface area contributed by atoms with Crippen LogP contribution in [0.25, 0.3) is 0 Å². The number of pyridine rings is 1. The first-order valence-corrected chi connectivity index (χ1v) is 6.02. The Hall–Kier alpha value is -1.58. The molecular formula is C13H10Cl2N2O. The maximum absolute atomic E-state index is 11.3. The van der Waals surface area contributed by atoms with Gasteiger partial charge in [-0.3, -0.25) is 4.79 Å². The molecule has 0 aliphatic heterocycles. The van der Waals surface area contributed by atoms with E-state index in [0.717, 1.165) is 11.3 Å². The van der Waals surface area contributed by atoms with Gasteiger partial charge in [-0.2, -0.15) is 0 Å². The van der Waals surface area contributed by atoms with Crippen LogP contribution in [0.2, 0.25) is 5.02 Å². The fourth-order valence-corrected chi connectivity index (χ4v) is 1.86. The summed E-state index contributed by atoms with van der Waals surface area (Å²) < 4.78 is 0. The molecule has 92 valence electrons. The minimum atomic E-state index is -0.551. The van der Waals surface area contributed by atoms with E-state index in [2.05, 4.69) is 10.3 Å². The van der Waals surface area contributed by atoms with Crippen molar-refractivity contribution in [2.75, 3.05) is 5.32 Å². The van der Waals surface area contributed by atoms with Gasteiger partial charge in [-0.1, -0.05) is 17.7 Å². The van der Waals surface area contributed by atoms with Gasteiger partial charge in [0.15, 0.2) is 0 Å². The zero-order valence-corrected chi connectivity index (χ0v) is 11.1. The fraction of sp³-hybridized carbons (Fsp3) is 0.0769. The normalized spacial score (nSPS) is 10.2. The molecule has 0 aliphatic rings. The summed E-state index contributed by atoms with van der Waals surface area (Å²) in [6, 6.07) is 8.76. The quantitative estimate of drug-likeness (QED) is 0.859. The van der Waals surface area contributed by atoms with Crippen molar-refractivity contribution in [3.63, 3.8) is 0 Å². The number of benzene rings is 1. The van der Waals surface area contributed by atoms with Crippen LogP contribution in [0.4, 0.5) is 11.5 Å². The molecule has 1 N–H and O–H groups in total. The number of nitrogens with one attached hydrogen (secondary N) is 1. The summed E-state index contributed by atoms with van der Waals surface area (Å²) in [5, 5.41) is 3.16. The van der Waals surface area contributed by atoms with Gasteiger partial charge in [0.25, 0.3) is 5.24 Å². The van der Waals surface area contributed by atoms with Gasteiger partial charge in [-0.15, -0.1) is 0 Å². The highest BCUT2D eigenvalue weighted by Crippen LogP contribution is 2.27. The second-order valence-corrected chi connectivity index (χ2v) is 4.46. The van der Waals surface area contributed by atoms with Crippen molar-refractivity contribution >= 4 is 39.9 Å². The minimum Gasteiger partial charge on any atom is -0.339 e. The number of aromatic nitrogens is 1. The van der Waals surface area contributed by atoms with Crippen LogP contribution < -0.4 is 5.32 Å². The number of rotatable bonds is 3. The van der Waals surface area contributed by atoms with Crippen molar-refractivity contribution < 1.29 is 4.79 Å². The first-order chi connectivity index (χ1) is 8.59. The van der Waals surface area contributed by atoms with E-state index in [1.54, 1.807) is 24.4 Å². The molecule has 1 aromatic carbocycles. The molecule has 0 saturated carbocycles. The van der Waals surface area contributed by atoms with E-state index >= 15 is 0 Å². The number of hydrogen-bond acceptors (Lipinski definition) is 3. The van der Waals surface area contributed by atoms with Crippen molar-refractivity contribution in [1.82, 2.24) is 4.98 Å². The number of carbonyl (C=O) groups excluding carboxylic acids is 1. The fourth-order valence-electron chi connectivity index (χ4n) is 1.53. The summed E-state index contributed by atoms with van der Waals surface area (Å²) >= 11 is 11.5. The summed E-state index contributed by atoms with van der Waals surface area (Å²) in [5.74, 6) is 0.419. The molecule has 2 rings (SSSR count). The van der Waals surface area contributed by atoms with Crippen LogP contribution in [0.15, 0.2) is 36.5 Å². The third-order valence-electron chi connectivity index (χ3n) is 2.54. The molecule has 3 nitrogen and oxygen atoms in total. The SMILES string of the molecule is Cc1c(Cl)cccc1Nc1ncccc1C(=O)Cl. The molecule has 0 spiro atoms. The Labute approximate surface area is 115 Å². The average Bonchev–Trinajstić information content (AvgIpc) is 2.35. The van der Waals surface area contributed by atoms with Gasteiger partial charge in [0, 0.05) is 16.9 Å². The molecule has 5 heteroatoms. The zero-order valence-electron chi connectivity index (χ0n) is 9.58. The molecule has 0 fully saturated rings. The van der Waals surface area contributed by atoms with Crippen LogP contribution in [0, 0.1) is 6.92 Å². The standard InChI is InChI=1S/C13H10Cl2N2O/c1-8-10(14)5-2-6-11(8)17-13-9(12(15)18)4-3-7-16-13/h2-7H,1H3,(H,16,17). The lowest BCUT2D eigenvalue weighted by Crippen LogP contribution is -2.02. The molecule has 2 aromatic rings. The Bertz CT molecular complexity index is 599. The summed E-state index contributed by atoms with van der Waals surface area (Å²) in [7, 11) is 0. The van der Waals surface area contributed by atoms with Gasteiger partial charge < -0.3 is 5.32 Å². The van der Waals surface area contributed by atoms with Crippen LogP contribution in [0.5, 0.6) is 0 Å². The van der Waals surface area contributed by atoms with Crippen molar-refractivity contribution in [2.45, 2.75) is 6.92 Å². The molecule has 18 heavy (non-hydrogen) atoms. The predicted octanol–water partition coefficient (Wildman–Crippen LogP) is 4.17. The molecule has 0 aliphatic carbocycles. The van der Waals surface area contributed by atoms with Crippen molar-refractivity contribution in [3.05, 3.63) is 52.7 Å². The van der Waals surface area contributed by atoms with Crippen molar-refractivity contribution in [2.24, 2.45) is 0 Å². The van der Waals surface area contributed by atoms with E-state index in [1.165, 1.54) is 0 Å². The second-order valence-electron chi connectivity index (χ2n) is 3.71. The average molecular weight is 281 g/mol. The summed E-state index contributed by atoms with van der Waals surface area (Å²) in [5.41, 5.74) is 2.01. The number of halogens is 2. The van der Waals surface area contributed by atoms with E-state index in [9.17, 15) is 4.79 Å². The van der Waals surface area contributed by atoms with E-state index in [0.29, 0.717) is 16.4 Å². The highest BCUT2D eigenvalue weighted by Gasteiger charge is 2.11. The van der Waals surface area contributed by atoms with Gasteiger partial charge in [-0.25, -0.2) is 4.98 Å². The Kier molecular flexibility index (Phi) is 3.84. The minimum absolute atomic E-state index is 0.332. The third-order valence-corrected chi connectivity index (χ3v) is 3.15. The Balaban J connectivity index is 2.40. The molecule has 1 aromatic heterocycles. The van der Waals surface area contributed by atoms with E-state index in [1.807, 2.05) is 19.1 Å². The lowest BCUT2D eigenvalue weighted by atomic mass is 10.2. The van der Waals surface area contributed by atoms with Crippen molar-refractivity contribution in [3.8, 4) is 0 Å². The van der Waals surface area contributed by atoms with E-state index < -0.39 is 5.24 Å². The number of anilines is 2. The third kappa shape index (κ3) is 2.63. The topological polar surface area (TPSA) is 42.0 Å². The lowest BCUT2D eigenvalue weighted by Gasteiger charge is -2.11. The first-order valence-electron chi connectivity index (χ1n) is 5.26. The smallest absolute Gasteiger partial charge is 0.256 e. The Morgan fingerprint density at radius 3 is 2.78 bits per heavy atom. The molecule has 0 saturated heterocycles. The summed E-state index contributed by atoms with van der Waals surface area (Å²) in [4.78, 5) is 15.4. The van der Waals surface area contributed by atoms with E-state index in [-0.39, 0.29) is 0 Å². The summed E-state index contributed by atoms with van der Waals surface area (Å²) in [6.45, 7) is 1.88. The Morgan fingerprint density at radius 1 is 1.28 bits per heavy atom. The zero-order chi connectivity index (χ0) is 13.1. The van der Waals surface area contributed by atoms with Crippen LogP contribution in [-0.2, 0) is 0 Å². The molecular weight excluding hydrogens is 271 g/mol. The summed E-state index contributed by atoms with van der Waals surface area (Å²) in [6.07, 6.45) is 1.59. The van der Waals surface area contributed by atoms with Crippen LogP contribution in [0.3, 0.4) is 0 Å². The van der Waals surface area contributed by atoms with Gasteiger partial charge in [0.1, 0.15) is 5.82 Å². The highest BCUT2D eigenvalue weighted by atomic mass is 35.5. The van der Waals surface area contributed by atoms with Gasteiger partial charge >= 0.3 is 0 Å². The van der Waals surface area contributed by atoms with Gasteiger partial charge in [0.2, 0.25) is 0 Å². The Morgan fingerprint density at radius 2 is 2.06 bits per heavy atom. The molecule has 0 atom stereocenters. The predicted molar refractivity (Wildman–Crippen MR) is 73.9 cm³/mol. The molecule has 1 heterocycles. The highest BCUT2D eigenvalue weighted by molar-refractivity contribution is 6.68. The van der Waals surface area contributed by atoms with Crippen molar-refractivity contribution in [1.29, 1.82) is 0 Å². The maximum Gasteiger partial charge on any atom is 0.256 e. The van der Waals surface area contributed by atoms with Gasteiger partial charge in [0.05, 0.1) is 5.56 Å². The second kappa shape index (κ2) is 5.38. The maximum atomic E-state index is 11.3. The van der Waals surface area contributed by atoms with E-state index in [4.69, 9.17) is 23.2 Å². The molecule has 0 radical (unpaired) electrons.